The summed E-state index contributed by atoms with van der Waals surface area (Å²) in [4.78, 5) is -0.138. The van der Waals surface area contributed by atoms with Crippen molar-refractivity contribution in [2.75, 3.05) is 12.3 Å². The van der Waals surface area contributed by atoms with Gasteiger partial charge in [0.2, 0.25) is 10.0 Å². The molecule has 0 bridgehead atoms. The van der Waals surface area contributed by atoms with E-state index < -0.39 is 15.6 Å². The lowest BCUT2D eigenvalue weighted by atomic mass is 10.0. The Morgan fingerprint density at radius 3 is 2.70 bits per heavy atom. The number of rotatable bonds is 6. The van der Waals surface area contributed by atoms with Crippen LogP contribution in [0.2, 0.25) is 0 Å². The summed E-state index contributed by atoms with van der Waals surface area (Å²) in [5.74, 6) is 0. The minimum Gasteiger partial charge on any atom is -0.399 e. The Balaban J connectivity index is 2.99. The molecule has 20 heavy (non-hydrogen) atoms. The third-order valence-corrected chi connectivity index (χ3v) is 4.30. The highest BCUT2D eigenvalue weighted by Crippen LogP contribution is 2.19. The fraction of sp³-hybridized carbons (Fsp3) is 0.462. The van der Waals surface area contributed by atoms with Gasteiger partial charge in [0.05, 0.1) is 16.1 Å². The van der Waals surface area contributed by atoms with Crippen molar-refractivity contribution in [3.63, 3.8) is 0 Å². The molecule has 0 heterocycles. The average molecular weight is 297 g/mol. The van der Waals surface area contributed by atoms with Gasteiger partial charge in [0, 0.05) is 12.2 Å². The Hall–Kier alpha value is -1.62. The summed E-state index contributed by atoms with van der Waals surface area (Å²) >= 11 is 0. The zero-order valence-corrected chi connectivity index (χ0v) is 12.4. The summed E-state index contributed by atoms with van der Waals surface area (Å²) in [6.45, 7) is 3.35. The maximum atomic E-state index is 12.2. The SMILES string of the molecule is CCCC(C)(O)CNS(=O)(=O)c1ccc(N)cc1C#N. The molecular weight excluding hydrogens is 278 g/mol. The molecular formula is C13H19N3O3S. The van der Waals surface area contributed by atoms with Crippen LogP contribution in [0.25, 0.3) is 0 Å². The summed E-state index contributed by atoms with van der Waals surface area (Å²) in [5.41, 5.74) is 4.70. The van der Waals surface area contributed by atoms with E-state index in [9.17, 15) is 13.5 Å². The third kappa shape index (κ3) is 4.20. The lowest BCUT2D eigenvalue weighted by Gasteiger charge is -2.23. The van der Waals surface area contributed by atoms with Gasteiger partial charge in [-0.2, -0.15) is 5.26 Å². The molecule has 1 aromatic carbocycles. The Morgan fingerprint density at radius 2 is 2.15 bits per heavy atom. The zero-order chi connectivity index (χ0) is 15.4. The van der Waals surface area contributed by atoms with Crippen LogP contribution in [0.5, 0.6) is 0 Å². The number of benzene rings is 1. The highest BCUT2D eigenvalue weighted by atomic mass is 32.2. The molecule has 0 saturated heterocycles. The molecule has 1 unspecified atom stereocenters. The molecule has 0 aromatic heterocycles. The van der Waals surface area contributed by atoms with E-state index in [1.807, 2.05) is 6.92 Å². The van der Waals surface area contributed by atoms with Crippen LogP contribution >= 0.6 is 0 Å². The molecule has 0 aliphatic carbocycles. The van der Waals surface area contributed by atoms with Gasteiger partial charge in [0.1, 0.15) is 6.07 Å². The normalized spacial score (nSPS) is 14.5. The quantitative estimate of drug-likeness (QED) is 0.676. The molecule has 0 amide bonds. The van der Waals surface area contributed by atoms with E-state index in [1.54, 1.807) is 13.0 Å². The highest BCUT2D eigenvalue weighted by molar-refractivity contribution is 7.89. The van der Waals surface area contributed by atoms with Gasteiger partial charge >= 0.3 is 0 Å². The molecule has 1 atom stereocenters. The Kier molecular flexibility index (Phi) is 5.11. The summed E-state index contributed by atoms with van der Waals surface area (Å²) in [5, 5.41) is 19.0. The predicted molar refractivity (Wildman–Crippen MR) is 76.3 cm³/mol. The summed E-state index contributed by atoms with van der Waals surface area (Å²) < 4.78 is 26.6. The minimum atomic E-state index is -3.86. The van der Waals surface area contributed by atoms with E-state index in [2.05, 4.69) is 4.72 Å². The predicted octanol–water partition coefficient (Wildman–Crippen LogP) is 0.970. The molecule has 6 nitrogen and oxygen atoms in total. The Bertz CT molecular complexity index is 618. The number of nitrogens with two attached hydrogens (primary N) is 1. The molecule has 0 radical (unpaired) electrons. The van der Waals surface area contributed by atoms with E-state index in [-0.39, 0.29) is 17.0 Å². The first-order chi connectivity index (χ1) is 9.22. The number of hydrogen-bond acceptors (Lipinski definition) is 5. The lowest BCUT2D eigenvalue weighted by Crippen LogP contribution is -2.40. The van der Waals surface area contributed by atoms with Crippen LogP contribution < -0.4 is 10.5 Å². The molecule has 0 aliphatic heterocycles. The number of sulfonamides is 1. The van der Waals surface area contributed by atoms with E-state index in [0.717, 1.165) is 6.42 Å². The van der Waals surface area contributed by atoms with Crippen LogP contribution in [0.15, 0.2) is 23.1 Å². The van der Waals surface area contributed by atoms with Gasteiger partial charge in [-0.05, 0) is 31.5 Å². The van der Waals surface area contributed by atoms with Crippen molar-refractivity contribution >= 4 is 15.7 Å². The van der Waals surface area contributed by atoms with Crippen LogP contribution in [0, 0.1) is 11.3 Å². The van der Waals surface area contributed by atoms with Gasteiger partial charge in [-0.1, -0.05) is 13.3 Å². The van der Waals surface area contributed by atoms with Crippen LogP contribution in [0.3, 0.4) is 0 Å². The van der Waals surface area contributed by atoms with Crippen LogP contribution in [0.4, 0.5) is 5.69 Å². The standard InChI is InChI=1S/C13H19N3O3S/c1-3-6-13(2,17)9-16-20(18,19)12-5-4-11(15)7-10(12)8-14/h4-5,7,16-17H,3,6,9,15H2,1-2H3. The smallest absolute Gasteiger partial charge is 0.241 e. The zero-order valence-electron chi connectivity index (χ0n) is 11.5. The van der Waals surface area contributed by atoms with E-state index in [4.69, 9.17) is 11.0 Å². The van der Waals surface area contributed by atoms with E-state index in [0.29, 0.717) is 12.1 Å². The number of nitrogen functional groups attached to an aromatic ring is 1. The summed E-state index contributed by atoms with van der Waals surface area (Å²) in [6, 6.07) is 5.81. The van der Waals surface area contributed by atoms with Crippen molar-refractivity contribution < 1.29 is 13.5 Å². The second-order valence-corrected chi connectivity index (χ2v) is 6.67. The van der Waals surface area contributed by atoms with Gasteiger partial charge in [-0.15, -0.1) is 0 Å². The Morgan fingerprint density at radius 1 is 1.50 bits per heavy atom. The van der Waals surface area contributed by atoms with Crippen molar-refractivity contribution in [3.8, 4) is 6.07 Å². The van der Waals surface area contributed by atoms with Gasteiger partial charge in [-0.3, -0.25) is 0 Å². The number of nitrogens with one attached hydrogen (secondary N) is 1. The largest absolute Gasteiger partial charge is 0.399 e. The molecule has 1 aromatic rings. The molecule has 7 heteroatoms. The van der Waals surface area contributed by atoms with Gasteiger partial charge in [0.15, 0.2) is 0 Å². The molecule has 110 valence electrons. The molecule has 4 N–H and O–H groups in total. The molecule has 1 rings (SSSR count). The van der Waals surface area contributed by atoms with Gasteiger partial charge < -0.3 is 10.8 Å². The second-order valence-electron chi connectivity index (χ2n) is 4.94. The van der Waals surface area contributed by atoms with Gasteiger partial charge in [0.25, 0.3) is 0 Å². The average Bonchev–Trinajstić information content (AvgIpc) is 2.36. The van der Waals surface area contributed by atoms with Crippen LogP contribution in [0.1, 0.15) is 32.3 Å². The number of anilines is 1. The maximum Gasteiger partial charge on any atom is 0.241 e. The van der Waals surface area contributed by atoms with Crippen LogP contribution in [-0.2, 0) is 10.0 Å². The number of aliphatic hydroxyl groups is 1. The lowest BCUT2D eigenvalue weighted by molar-refractivity contribution is 0.0554. The van der Waals surface area contributed by atoms with Crippen molar-refractivity contribution in [2.24, 2.45) is 0 Å². The minimum absolute atomic E-state index is 0.0207. The fourth-order valence-electron chi connectivity index (χ4n) is 1.82. The molecule has 0 spiro atoms. The molecule has 0 fully saturated rings. The first-order valence-corrected chi connectivity index (χ1v) is 7.72. The third-order valence-electron chi connectivity index (χ3n) is 2.85. The molecule has 0 saturated carbocycles. The van der Waals surface area contributed by atoms with Crippen molar-refractivity contribution in [2.45, 2.75) is 37.2 Å². The van der Waals surface area contributed by atoms with Crippen molar-refractivity contribution in [1.82, 2.24) is 4.72 Å². The van der Waals surface area contributed by atoms with Crippen molar-refractivity contribution in [3.05, 3.63) is 23.8 Å². The topological polar surface area (TPSA) is 116 Å². The van der Waals surface area contributed by atoms with Gasteiger partial charge in [-0.25, -0.2) is 13.1 Å². The number of nitrogens with zero attached hydrogens (tertiary/aromatic N) is 1. The maximum absolute atomic E-state index is 12.2. The van der Waals surface area contributed by atoms with E-state index in [1.165, 1.54) is 18.2 Å². The monoisotopic (exact) mass is 297 g/mol. The number of hydrogen-bond donors (Lipinski definition) is 3. The second kappa shape index (κ2) is 6.22. The summed E-state index contributed by atoms with van der Waals surface area (Å²) in [6.07, 6.45) is 1.21. The van der Waals surface area contributed by atoms with E-state index >= 15 is 0 Å². The Labute approximate surface area is 119 Å². The van der Waals surface area contributed by atoms with Crippen molar-refractivity contribution in [1.29, 1.82) is 5.26 Å². The van der Waals surface area contributed by atoms with Crippen LogP contribution in [-0.4, -0.2) is 25.7 Å². The highest BCUT2D eigenvalue weighted by Gasteiger charge is 2.25. The summed E-state index contributed by atoms with van der Waals surface area (Å²) in [7, 11) is -3.86. The fourth-order valence-corrected chi connectivity index (χ4v) is 3.12. The first-order valence-electron chi connectivity index (χ1n) is 6.23. The molecule has 0 aliphatic rings. The first kappa shape index (κ1) is 16.4. The number of nitriles is 1.